The van der Waals surface area contributed by atoms with E-state index in [9.17, 15) is 14.0 Å². The second-order valence-corrected chi connectivity index (χ2v) is 4.47. The van der Waals surface area contributed by atoms with Gasteiger partial charge in [-0.25, -0.2) is 8.78 Å². The maximum absolute atomic E-state index is 13.1. The molecule has 0 radical (unpaired) electrons. The molecule has 0 aliphatic carbocycles. The maximum Gasteiger partial charge on any atom is 0.159 e. The lowest BCUT2D eigenvalue weighted by Gasteiger charge is -2.30. The van der Waals surface area contributed by atoms with Gasteiger partial charge in [0.25, 0.3) is 0 Å². The molecular formula is C13H13F2NO. The van der Waals surface area contributed by atoms with E-state index in [1.54, 1.807) is 0 Å². The van der Waals surface area contributed by atoms with Crippen molar-refractivity contribution < 1.29 is 13.5 Å². The Bertz CT molecular complexity index is 447. The van der Waals surface area contributed by atoms with Crippen LogP contribution >= 0.6 is 0 Å². The third-order valence-electron chi connectivity index (χ3n) is 3.09. The molecule has 1 unspecified atom stereocenters. The van der Waals surface area contributed by atoms with Crippen molar-refractivity contribution in [3.05, 3.63) is 35.4 Å². The Morgan fingerprint density at radius 2 is 2.18 bits per heavy atom. The summed E-state index contributed by atoms with van der Waals surface area (Å²) >= 11 is 0. The number of benzene rings is 1. The molecule has 0 N–H and O–H groups in total. The smallest absolute Gasteiger partial charge is 0.159 e. The van der Waals surface area contributed by atoms with Crippen LogP contribution in [0.1, 0.15) is 18.4 Å². The van der Waals surface area contributed by atoms with E-state index < -0.39 is 17.0 Å². The average molecular weight is 237 g/mol. The third kappa shape index (κ3) is 2.62. The molecule has 0 saturated carbocycles. The average Bonchev–Trinajstić information content (AvgIpc) is 2.35. The second kappa shape index (κ2) is 4.80. The van der Waals surface area contributed by atoms with E-state index >= 15 is 0 Å². The van der Waals surface area contributed by atoms with Crippen LogP contribution in [-0.2, 0) is 11.2 Å². The number of nitrogens with zero attached hydrogens (tertiary/aromatic N) is 1. The van der Waals surface area contributed by atoms with E-state index in [-0.39, 0.29) is 0 Å². The van der Waals surface area contributed by atoms with Gasteiger partial charge < -0.3 is 4.74 Å². The Morgan fingerprint density at radius 3 is 2.76 bits per heavy atom. The van der Waals surface area contributed by atoms with Crippen LogP contribution in [0.2, 0.25) is 0 Å². The summed E-state index contributed by atoms with van der Waals surface area (Å²) in [6.45, 7) is 1.03. The fourth-order valence-corrected chi connectivity index (χ4v) is 2.16. The van der Waals surface area contributed by atoms with Crippen molar-refractivity contribution in [3.63, 3.8) is 0 Å². The molecule has 1 saturated heterocycles. The topological polar surface area (TPSA) is 33.0 Å². The van der Waals surface area contributed by atoms with Crippen LogP contribution in [0.4, 0.5) is 8.78 Å². The van der Waals surface area contributed by atoms with E-state index in [1.807, 2.05) is 0 Å². The maximum atomic E-state index is 13.1. The van der Waals surface area contributed by atoms with E-state index in [2.05, 4.69) is 6.07 Å². The van der Waals surface area contributed by atoms with Crippen LogP contribution < -0.4 is 0 Å². The summed E-state index contributed by atoms with van der Waals surface area (Å²) in [4.78, 5) is 0. The standard InChI is InChI=1S/C13H13F2NO/c14-11-3-2-10(6-12(11)15)7-13(8-16)4-1-5-17-9-13/h2-3,6H,1,4-5,7,9H2. The van der Waals surface area contributed by atoms with Gasteiger partial charge >= 0.3 is 0 Å². The van der Waals surface area contributed by atoms with Gasteiger partial charge in [-0.05, 0) is 37.0 Å². The Kier molecular flexibility index (Phi) is 3.39. The van der Waals surface area contributed by atoms with Gasteiger partial charge in [-0.2, -0.15) is 5.26 Å². The molecule has 1 aliphatic heterocycles. The first kappa shape index (κ1) is 12.0. The molecule has 0 aromatic heterocycles. The lowest BCUT2D eigenvalue weighted by atomic mass is 9.78. The Hall–Kier alpha value is -1.47. The summed E-state index contributed by atoms with van der Waals surface area (Å²) in [7, 11) is 0. The predicted molar refractivity (Wildman–Crippen MR) is 58.2 cm³/mol. The highest BCUT2D eigenvalue weighted by Crippen LogP contribution is 2.32. The minimum Gasteiger partial charge on any atom is -0.380 e. The summed E-state index contributed by atoms with van der Waals surface area (Å²) < 4.78 is 31.2. The number of halogens is 2. The van der Waals surface area contributed by atoms with Crippen molar-refractivity contribution in [1.29, 1.82) is 5.26 Å². The van der Waals surface area contributed by atoms with Gasteiger partial charge in [-0.3, -0.25) is 0 Å². The molecule has 1 heterocycles. The quantitative estimate of drug-likeness (QED) is 0.792. The monoisotopic (exact) mass is 237 g/mol. The van der Waals surface area contributed by atoms with Crippen LogP contribution in [0.3, 0.4) is 0 Å². The molecule has 1 aromatic rings. The van der Waals surface area contributed by atoms with Gasteiger partial charge in [0.1, 0.15) is 0 Å². The largest absolute Gasteiger partial charge is 0.380 e. The van der Waals surface area contributed by atoms with Gasteiger partial charge in [0.05, 0.1) is 18.1 Å². The normalized spacial score (nSPS) is 24.3. The number of hydrogen-bond donors (Lipinski definition) is 0. The molecule has 2 nitrogen and oxygen atoms in total. The van der Waals surface area contributed by atoms with Crippen molar-refractivity contribution in [2.24, 2.45) is 5.41 Å². The first-order valence-corrected chi connectivity index (χ1v) is 5.58. The lowest BCUT2D eigenvalue weighted by Crippen LogP contribution is -2.32. The van der Waals surface area contributed by atoms with E-state index in [1.165, 1.54) is 6.07 Å². The van der Waals surface area contributed by atoms with Crippen LogP contribution in [-0.4, -0.2) is 13.2 Å². The molecule has 90 valence electrons. The van der Waals surface area contributed by atoms with Crippen molar-refractivity contribution >= 4 is 0 Å². The summed E-state index contributed by atoms with van der Waals surface area (Å²) in [5, 5.41) is 9.23. The Labute approximate surface area is 98.8 Å². The van der Waals surface area contributed by atoms with Crippen molar-refractivity contribution in [2.45, 2.75) is 19.3 Å². The molecule has 0 bridgehead atoms. The fourth-order valence-electron chi connectivity index (χ4n) is 2.16. The molecule has 17 heavy (non-hydrogen) atoms. The van der Waals surface area contributed by atoms with Crippen molar-refractivity contribution in [2.75, 3.05) is 13.2 Å². The fraction of sp³-hybridized carbons (Fsp3) is 0.462. The zero-order valence-corrected chi connectivity index (χ0v) is 9.38. The molecule has 2 rings (SSSR count). The predicted octanol–water partition coefficient (Wildman–Crippen LogP) is 2.83. The summed E-state index contributed by atoms with van der Waals surface area (Å²) in [5.74, 6) is -1.73. The van der Waals surface area contributed by atoms with Crippen molar-refractivity contribution in [1.82, 2.24) is 0 Å². The summed E-state index contributed by atoms with van der Waals surface area (Å²) in [6.07, 6.45) is 1.97. The minimum atomic E-state index is -0.868. The van der Waals surface area contributed by atoms with Gasteiger partial charge in [0.15, 0.2) is 11.6 Å². The highest BCUT2D eigenvalue weighted by molar-refractivity contribution is 5.21. The van der Waals surface area contributed by atoms with Gasteiger partial charge in [0.2, 0.25) is 0 Å². The van der Waals surface area contributed by atoms with Crippen molar-refractivity contribution in [3.8, 4) is 6.07 Å². The minimum absolute atomic E-state index is 0.364. The lowest BCUT2D eigenvalue weighted by molar-refractivity contribution is 0.0223. The second-order valence-electron chi connectivity index (χ2n) is 4.47. The molecule has 1 aromatic carbocycles. The molecule has 1 atom stereocenters. The highest BCUT2D eigenvalue weighted by Gasteiger charge is 2.33. The molecule has 4 heteroatoms. The molecule has 1 aliphatic rings. The van der Waals surface area contributed by atoms with Crippen LogP contribution in [0, 0.1) is 28.4 Å². The Morgan fingerprint density at radius 1 is 1.35 bits per heavy atom. The van der Waals surface area contributed by atoms with E-state index in [0.717, 1.165) is 25.0 Å². The van der Waals surface area contributed by atoms with E-state index in [0.29, 0.717) is 25.2 Å². The molecule has 0 amide bonds. The first-order chi connectivity index (χ1) is 8.15. The van der Waals surface area contributed by atoms with Gasteiger partial charge in [-0.1, -0.05) is 6.07 Å². The SMILES string of the molecule is N#CC1(Cc2ccc(F)c(F)c2)CCCOC1. The zero-order chi connectivity index (χ0) is 12.3. The third-order valence-corrected chi connectivity index (χ3v) is 3.09. The number of rotatable bonds is 2. The Balaban J connectivity index is 2.18. The first-order valence-electron chi connectivity index (χ1n) is 5.58. The van der Waals surface area contributed by atoms with Gasteiger partial charge in [-0.15, -0.1) is 0 Å². The van der Waals surface area contributed by atoms with Crippen LogP contribution in [0.15, 0.2) is 18.2 Å². The summed E-state index contributed by atoms with van der Waals surface area (Å²) in [6, 6.07) is 6.03. The number of hydrogen-bond acceptors (Lipinski definition) is 2. The molecule has 1 fully saturated rings. The molecule has 0 spiro atoms. The number of ether oxygens (including phenoxy) is 1. The summed E-state index contributed by atoms with van der Waals surface area (Å²) in [5.41, 5.74) is 0.0404. The number of nitriles is 1. The van der Waals surface area contributed by atoms with Crippen LogP contribution in [0.25, 0.3) is 0 Å². The van der Waals surface area contributed by atoms with Gasteiger partial charge in [0, 0.05) is 6.61 Å². The van der Waals surface area contributed by atoms with E-state index in [4.69, 9.17) is 4.74 Å². The van der Waals surface area contributed by atoms with Crippen LogP contribution in [0.5, 0.6) is 0 Å². The molecular weight excluding hydrogens is 224 g/mol. The highest BCUT2D eigenvalue weighted by atomic mass is 19.2. The zero-order valence-electron chi connectivity index (χ0n) is 9.38.